The van der Waals surface area contributed by atoms with Crippen LogP contribution in [0.1, 0.15) is 24.4 Å². The zero-order valence-corrected chi connectivity index (χ0v) is 10.6. The topological polar surface area (TPSA) is 97.5 Å². The summed E-state index contributed by atoms with van der Waals surface area (Å²) in [6, 6.07) is 0. The van der Waals surface area contributed by atoms with Crippen molar-refractivity contribution in [3.63, 3.8) is 0 Å². The first-order valence-corrected chi connectivity index (χ1v) is 7.62. The second kappa shape index (κ2) is 5.09. The molecule has 1 N–H and O–H groups in total. The Morgan fingerprint density at radius 1 is 1.56 bits per heavy atom. The lowest BCUT2D eigenvalue weighted by Crippen LogP contribution is -2.07. The largest absolute Gasteiger partial charge is 0.481 e. The van der Waals surface area contributed by atoms with Gasteiger partial charge in [0.1, 0.15) is 6.26 Å². The van der Waals surface area contributed by atoms with Gasteiger partial charge in [-0.3, -0.25) is 4.79 Å². The molecule has 0 spiro atoms. The Morgan fingerprint density at radius 3 is 2.94 bits per heavy atom. The van der Waals surface area contributed by atoms with E-state index in [9.17, 15) is 13.2 Å². The Morgan fingerprint density at radius 2 is 2.33 bits per heavy atom. The van der Waals surface area contributed by atoms with E-state index in [4.69, 9.17) is 9.52 Å². The van der Waals surface area contributed by atoms with E-state index < -0.39 is 15.8 Å². The molecular formula is C11H15NO5S. The molecule has 0 radical (unpaired) electrons. The minimum atomic E-state index is -2.88. The van der Waals surface area contributed by atoms with Crippen molar-refractivity contribution in [1.29, 1.82) is 0 Å². The van der Waals surface area contributed by atoms with Gasteiger partial charge in [0.25, 0.3) is 0 Å². The van der Waals surface area contributed by atoms with E-state index in [0.717, 1.165) is 0 Å². The standard InChI is InChI=1S/C11H15NO5S/c13-11(14)2-1-9-6-17-10(12-9)5-8-3-4-18(15,16)7-8/h6,8H,1-5,7H2,(H,13,14). The van der Waals surface area contributed by atoms with Crippen LogP contribution in [0, 0.1) is 5.92 Å². The lowest BCUT2D eigenvalue weighted by Gasteiger charge is -2.02. The van der Waals surface area contributed by atoms with Gasteiger partial charge in [-0.25, -0.2) is 13.4 Å². The van der Waals surface area contributed by atoms with E-state index in [1.165, 1.54) is 6.26 Å². The van der Waals surface area contributed by atoms with Crippen molar-refractivity contribution in [1.82, 2.24) is 4.98 Å². The van der Waals surface area contributed by atoms with Crippen molar-refractivity contribution in [3.05, 3.63) is 17.8 Å². The molecule has 6 nitrogen and oxygen atoms in total. The van der Waals surface area contributed by atoms with Crippen LogP contribution in [0.4, 0.5) is 0 Å². The van der Waals surface area contributed by atoms with Crippen LogP contribution in [0.3, 0.4) is 0 Å². The van der Waals surface area contributed by atoms with Gasteiger partial charge in [0.2, 0.25) is 0 Å². The summed E-state index contributed by atoms with van der Waals surface area (Å²) in [4.78, 5) is 14.6. The lowest BCUT2D eigenvalue weighted by atomic mass is 10.1. The molecule has 18 heavy (non-hydrogen) atoms. The molecule has 0 aromatic carbocycles. The number of carbonyl (C=O) groups is 1. The summed E-state index contributed by atoms with van der Waals surface area (Å²) in [5.74, 6) is 0.129. The van der Waals surface area contributed by atoms with Crippen LogP contribution >= 0.6 is 0 Å². The molecule has 1 atom stereocenters. The zero-order valence-electron chi connectivity index (χ0n) is 9.83. The molecular weight excluding hydrogens is 258 g/mol. The maximum atomic E-state index is 11.3. The van der Waals surface area contributed by atoms with Crippen LogP contribution in [0.15, 0.2) is 10.7 Å². The van der Waals surface area contributed by atoms with E-state index >= 15 is 0 Å². The molecule has 0 saturated carbocycles. The van der Waals surface area contributed by atoms with Crippen molar-refractivity contribution in [2.75, 3.05) is 11.5 Å². The number of carboxylic acids is 1. The van der Waals surface area contributed by atoms with Gasteiger partial charge in [-0.1, -0.05) is 0 Å². The normalized spacial score (nSPS) is 22.1. The SMILES string of the molecule is O=C(O)CCc1coc(CC2CCS(=O)(=O)C2)n1. The Hall–Kier alpha value is -1.37. The lowest BCUT2D eigenvalue weighted by molar-refractivity contribution is -0.136. The Bertz CT molecular complexity index is 533. The molecule has 1 aromatic rings. The molecule has 0 bridgehead atoms. The Balaban J connectivity index is 1.89. The van der Waals surface area contributed by atoms with Gasteiger partial charge in [-0.15, -0.1) is 0 Å². The van der Waals surface area contributed by atoms with Crippen molar-refractivity contribution < 1.29 is 22.7 Å². The number of oxazole rings is 1. The fourth-order valence-electron chi connectivity index (χ4n) is 2.07. The predicted molar refractivity (Wildman–Crippen MR) is 62.9 cm³/mol. The van der Waals surface area contributed by atoms with Crippen molar-refractivity contribution in [3.8, 4) is 0 Å². The highest BCUT2D eigenvalue weighted by molar-refractivity contribution is 7.91. The number of nitrogens with zero attached hydrogens (tertiary/aromatic N) is 1. The van der Waals surface area contributed by atoms with Gasteiger partial charge in [-0.2, -0.15) is 0 Å². The number of hydrogen-bond acceptors (Lipinski definition) is 5. The molecule has 0 aliphatic carbocycles. The van der Waals surface area contributed by atoms with Gasteiger partial charge in [0.05, 0.1) is 23.6 Å². The monoisotopic (exact) mass is 273 g/mol. The summed E-state index contributed by atoms with van der Waals surface area (Å²) >= 11 is 0. The van der Waals surface area contributed by atoms with Crippen molar-refractivity contribution in [2.24, 2.45) is 5.92 Å². The Labute approximate surface area is 105 Å². The molecule has 1 fully saturated rings. The summed E-state index contributed by atoms with van der Waals surface area (Å²) in [6.07, 6.45) is 2.95. The van der Waals surface area contributed by atoms with E-state index in [-0.39, 0.29) is 23.8 Å². The highest BCUT2D eigenvalue weighted by atomic mass is 32.2. The number of hydrogen-bond donors (Lipinski definition) is 1. The van der Waals surface area contributed by atoms with Crippen LogP contribution in [-0.2, 0) is 27.5 Å². The summed E-state index contributed by atoms with van der Waals surface area (Å²) in [6.45, 7) is 0. The summed E-state index contributed by atoms with van der Waals surface area (Å²) in [7, 11) is -2.88. The fourth-order valence-corrected chi connectivity index (χ4v) is 3.93. The summed E-state index contributed by atoms with van der Waals surface area (Å²) < 4.78 is 27.8. The van der Waals surface area contributed by atoms with Gasteiger partial charge in [0.15, 0.2) is 15.7 Å². The molecule has 100 valence electrons. The molecule has 1 aliphatic rings. The van der Waals surface area contributed by atoms with Gasteiger partial charge >= 0.3 is 5.97 Å². The maximum Gasteiger partial charge on any atom is 0.303 e. The van der Waals surface area contributed by atoms with Gasteiger partial charge < -0.3 is 9.52 Å². The summed E-state index contributed by atoms with van der Waals surface area (Å²) in [5, 5.41) is 8.54. The van der Waals surface area contributed by atoms with Gasteiger partial charge in [-0.05, 0) is 12.3 Å². The minimum absolute atomic E-state index is 0.0176. The Kier molecular flexibility index (Phi) is 3.70. The number of aryl methyl sites for hydroxylation is 1. The third-order valence-corrected chi connectivity index (χ3v) is 4.82. The van der Waals surface area contributed by atoms with E-state index in [0.29, 0.717) is 30.8 Å². The second-order valence-electron chi connectivity index (χ2n) is 4.60. The van der Waals surface area contributed by atoms with Crippen molar-refractivity contribution in [2.45, 2.75) is 25.7 Å². The second-order valence-corrected chi connectivity index (χ2v) is 6.83. The fraction of sp³-hybridized carbons (Fsp3) is 0.636. The van der Waals surface area contributed by atoms with E-state index in [2.05, 4.69) is 4.98 Å². The molecule has 1 unspecified atom stereocenters. The minimum Gasteiger partial charge on any atom is -0.481 e. The highest BCUT2D eigenvalue weighted by Gasteiger charge is 2.29. The van der Waals surface area contributed by atoms with Crippen molar-refractivity contribution >= 4 is 15.8 Å². The van der Waals surface area contributed by atoms with E-state index in [1.807, 2.05) is 0 Å². The first kappa shape index (κ1) is 13.1. The summed E-state index contributed by atoms with van der Waals surface area (Å²) in [5.41, 5.74) is 0.605. The number of aromatic nitrogens is 1. The van der Waals surface area contributed by atoms with Crippen LogP contribution in [0.2, 0.25) is 0 Å². The quantitative estimate of drug-likeness (QED) is 0.846. The number of sulfone groups is 1. The zero-order chi connectivity index (χ0) is 13.2. The third-order valence-electron chi connectivity index (χ3n) is 2.98. The van der Waals surface area contributed by atoms with Crippen LogP contribution in [0.5, 0.6) is 0 Å². The van der Waals surface area contributed by atoms with E-state index in [1.54, 1.807) is 0 Å². The highest BCUT2D eigenvalue weighted by Crippen LogP contribution is 2.22. The number of carboxylic acid groups (broad SMARTS) is 1. The molecule has 2 heterocycles. The first-order valence-electron chi connectivity index (χ1n) is 5.80. The first-order chi connectivity index (χ1) is 8.44. The molecule has 1 saturated heterocycles. The predicted octanol–water partition coefficient (Wildman–Crippen LogP) is 0.669. The maximum absolute atomic E-state index is 11.3. The average molecular weight is 273 g/mol. The average Bonchev–Trinajstić information content (AvgIpc) is 2.83. The number of rotatable bonds is 5. The molecule has 1 aliphatic heterocycles. The van der Waals surface area contributed by atoms with Crippen LogP contribution < -0.4 is 0 Å². The third kappa shape index (κ3) is 3.56. The van der Waals surface area contributed by atoms with Gasteiger partial charge in [0, 0.05) is 12.8 Å². The smallest absolute Gasteiger partial charge is 0.303 e. The molecule has 1 aromatic heterocycles. The van der Waals surface area contributed by atoms with Crippen LogP contribution in [0.25, 0.3) is 0 Å². The van der Waals surface area contributed by atoms with Crippen LogP contribution in [-0.4, -0.2) is 36.0 Å². The molecule has 0 amide bonds. The number of aliphatic carboxylic acids is 1. The molecule has 2 rings (SSSR count). The molecule has 7 heteroatoms.